The molecule has 2 aromatic heterocycles. The van der Waals surface area contributed by atoms with Crippen LogP contribution in [0.1, 0.15) is 35.3 Å². The topological polar surface area (TPSA) is 89.7 Å². The lowest BCUT2D eigenvalue weighted by molar-refractivity contribution is -0.121. The van der Waals surface area contributed by atoms with Gasteiger partial charge in [-0.3, -0.25) is 9.48 Å². The Balaban J connectivity index is 1.74. The summed E-state index contributed by atoms with van der Waals surface area (Å²) >= 11 is 0. The van der Waals surface area contributed by atoms with Crippen molar-refractivity contribution >= 4 is 17.5 Å². The van der Waals surface area contributed by atoms with E-state index in [1.807, 2.05) is 53.1 Å². The second kappa shape index (κ2) is 6.78. The van der Waals surface area contributed by atoms with Gasteiger partial charge >= 0.3 is 0 Å². The highest BCUT2D eigenvalue weighted by Gasteiger charge is 2.42. The Hall–Kier alpha value is -3.16. The normalized spacial score (nSPS) is 21.1. The molecule has 1 aliphatic rings. The van der Waals surface area contributed by atoms with Crippen LogP contribution in [0.2, 0.25) is 0 Å². The van der Waals surface area contributed by atoms with Crippen LogP contribution in [0.15, 0.2) is 30.7 Å². The van der Waals surface area contributed by atoms with Gasteiger partial charge in [0.25, 0.3) is 0 Å². The van der Waals surface area contributed by atoms with Crippen molar-refractivity contribution in [2.75, 3.05) is 10.6 Å². The third-order valence-electron chi connectivity index (χ3n) is 5.38. The monoisotopic (exact) mass is 379 g/mol. The predicted molar refractivity (Wildman–Crippen MR) is 107 cm³/mol. The van der Waals surface area contributed by atoms with Crippen molar-refractivity contribution < 1.29 is 4.79 Å². The van der Waals surface area contributed by atoms with Crippen LogP contribution in [-0.2, 0) is 11.8 Å². The molecule has 0 fully saturated rings. The number of aryl methyl sites for hydroxylation is 4. The van der Waals surface area contributed by atoms with E-state index in [1.54, 1.807) is 9.36 Å². The Labute approximate surface area is 164 Å². The molecule has 3 atom stereocenters. The van der Waals surface area contributed by atoms with Crippen molar-refractivity contribution in [3.05, 3.63) is 53.1 Å². The Kier molecular flexibility index (Phi) is 4.41. The van der Waals surface area contributed by atoms with Crippen LogP contribution in [0.3, 0.4) is 0 Å². The Bertz CT molecular complexity index is 1040. The van der Waals surface area contributed by atoms with E-state index in [2.05, 4.69) is 31.9 Å². The molecule has 0 aliphatic carbocycles. The number of hydrogen-bond acceptors (Lipinski definition) is 5. The number of aromatic nitrogens is 5. The van der Waals surface area contributed by atoms with Gasteiger partial charge in [-0.15, -0.1) is 0 Å². The van der Waals surface area contributed by atoms with Crippen molar-refractivity contribution in [3.8, 4) is 0 Å². The number of rotatable bonds is 3. The van der Waals surface area contributed by atoms with E-state index in [0.717, 1.165) is 22.5 Å². The zero-order chi connectivity index (χ0) is 20.0. The molecule has 0 bridgehead atoms. The average molecular weight is 379 g/mol. The van der Waals surface area contributed by atoms with Crippen molar-refractivity contribution in [3.63, 3.8) is 0 Å². The largest absolute Gasteiger partial charge is 0.351 e. The van der Waals surface area contributed by atoms with E-state index >= 15 is 0 Å². The minimum absolute atomic E-state index is 0.0543. The quantitative estimate of drug-likeness (QED) is 0.730. The smallest absolute Gasteiger partial charge is 0.232 e. The number of carbonyl (C=O) groups is 1. The number of nitrogens with one attached hydrogen (secondary N) is 2. The van der Waals surface area contributed by atoms with Crippen LogP contribution >= 0.6 is 0 Å². The number of carbonyl (C=O) groups excluding carboxylic acids is 1. The predicted octanol–water partition coefficient (Wildman–Crippen LogP) is 2.60. The van der Waals surface area contributed by atoms with Crippen molar-refractivity contribution in [2.24, 2.45) is 13.0 Å². The van der Waals surface area contributed by atoms with Gasteiger partial charge in [-0.25, -0.2) is 4.68 Å². The van der Waals surface area contributed by atoms with Crippen LogP contribution in [0.25, 0.3) is 0 Å². The van der Waals surface area contributed by atoms with E-state index in [4.69, 9.17) is 0 Å². The highest BCUT2D eigenvalue weighted by molar-refractivity contribution is 5.94. The first-order valence-electron chi connectivity index (χ1n) is 9.39. The molecule has 4 rings (SSSR count). The third kappa shape index (κ3) is 3.04. The van der Waals surface area contributed by atoms with Gasteiger partial charge in [0, 0.05) is 30.5 Å². The summed E-state index contributed by atoms with van der Waals surface area (Å²) in [4.78, 5) is 17.7. The molecule has 3 heterocycles. The molecular formula is C20H25N7O. The molecule has 146 valence electrons. The van der Waals surface area contributed by atoms with Crippen molar-refractivity contribution in [1.82, 2.24) is 24.5 Å². The van der Waals surface area contributed by atoms with E-state index in [1.165, 1.54) is 11.9 Å². The molecular weight excluding hydrogens is 354 g/mol. The first-order valence-corrected chi connectivity index (χ1v) is 9.39. The summed E-state index contributed by atoms with van der Waals surface area (Å²) in [6.45, 7) is 8.00. The lowest BCUT2D eigenvalue weighted by atomic mass is 9.85. The van der Waals surface area contributed by atoms with Crippen molar-refractivity contribution in [1.29, 1.82) is 0 Å². The molecule has 0 unspecified atom stereocenters. The third-order valence-corrected chi connectivity index (χ3v) is 5.38. The van der Waals surface area contributed by atoms with Gasteiger partial charge in [0.05, 0.1) is 17.7 Å². The standard InChI is InChI=1S/C20H25N7O/c1-11-6-7-16(12(2)8-11)24-19(28)17-14(4)23-20-21-10-22-27(20)18(17)15-9-26(5)25-13(15)3/h6-10,14,17-18H,1-5H3,(H,24,28)(H,21,22,23)/t14-,17+,18+/m0/s1. The first-order chi connectivity index (χ1) is 13.3. The second-order valence-electron chi connectivity index (χ2n) is 7.58. The fourth-order valence-corrected chi connectivity index (χ4v) is 4.05. The average Bonchev–Trinajstić information content (AvgIpc) is 3.21. The zero-order valence-electron chi connectivity index (χ0n) is 16.8. The summed E-state index contributed by atoms with van der Waals surface area (Å²) in [5, 5.41) is 15.3. The van der Waals surface area contributed by atoms with Crippen LogP contribution in [0.5, 0.6) is 0 Å². The zero-order valence-corrected chi connectivity index (χ0v) is 16.8. The van der Waals surface area contributed by atoms with Gasteiger partial charge < -0.3 is 10.6 Å². The van der Waals surface area contributed by atoms with Crippen LogP contribution in [0, 0.1) is 26.7 Å². The van der Waals surface area contributed by atoms with E-state index < -0.39 is 0 Å². The summed E-state index contributed by atoms with van der Waals surface area (Å²) in [7, 11) is 1.88. The van der Waals surface area contributed by atoms with E-state index in [0.29, 0.717) is 5.95 Å². The van der Waals surface area contributed by atoms with Crippen LogP contribution in [-0.4, -0.2) is 36.5 Å². The molecule has 28 heavy (non-hydrogen) atoms. The van der Waals surface area contributed by atoms with Gasteiger partial charge in [-0.2, -0.15) is 15.2 Å². The Morgan fingerprint density at radius 1 is 1.25 bits per heavy atom. The summed E-state index contributed by atoms with van der Waals surface area (Å²) in [5.41, 5.74) is 4.89. The molecule has 0 spiro atoms. The van der Waals surface area contributed by atoms with E-state index in [-0.39, 0.29) is 23.9 Å². The molecule has 0 radical (unpaired) electrons. The maximum absolute atomic E-state index is 13.4. The lowest BCUT2D eigenvalue weighted by Crippen LogP contribution is -2.46. The van der Waals surface area contributed by atoms with Gasteiger partial charge in [0.15, 0.2) is 0 Å². The van der Waals surface area contributed by atoms with Crippen LogP contribution < -0.4 is 10.6 Å². The van der Waals surface area contributed by atoms with Crippen molar-refractivity contribution in [2.45, 2.75) is 39.8 Å². The fraction of sp³-hybridized carbons (Fsp3) is 0.400. The molecule has 8 nitrogen and oxygen atoms in total. The minimum Gasteiger partial charge on any atom is -0.351 e. The van der Waals surface area contributed by atoms with Gasteiger partial charge in [0.2, 0.25) is 11.9 Å². The second-order valence-corrected chi connectivity index (χ2v) is 7.58. The molecule has 1 aliphatic heterocycles. The Morgan fingerprint density at radius 3 is 2.71 bits per heavy atom. The van der Waals surface area contributed by atoms with E-state index in [9.17, 15) is 4.79 Å². The van der Waals surface area contributed by atoms with Gasteiger partial charge in [-0.1, -0.05) is 17.7 Å². The molecule has 0 saturated carbocycles. The fourth-order valence-electron chi connectivity index (χ4n) is 4.05. The van der Waals surface area contributed by atoms with Crippen LogP contribution in [0.4, 0.5) is 11.6 Å². The highest BCUT2D eigenvalue weighted by Crippen LogP contribution is 2.37. The summed E-state index contributed by atoms with van der Waals surface area (Å²) in [6.07, 6.45) is 3.47. The molecule has 8 heteroatoms. The number of amides is 1. The molecule has 3 aromatic rings. The molecule has 0 saturated heterocycles. The number of benzene rings is 1. The first kappa shape index (κ1) is 18.2. The molecule has 2 N–H and O–H groups in total. The Morgan fingerprint density at radius 2 is 2.04 bits per heavy atom. The lowest BCUT2D eigenvalue weighted by Gasteiger charge is -2.36. The van der Waals surface area contributed by atoms with Gasteiger partial charge in [-0.05, 0) is 39.3 Å². The molecule has 1 aromatic carbocycles. The SMILES string of the molecule is Cc1ccc(NC(=O)[C@@H]2[C@H](C)Nc3ncnn3[C@@H]2c2cn(C)nc2C)c(C)c1. The summed E-state index contributed by atoms with van der Waals surface area (Å²) in [6, 6.07) is 5.62. The molecule has 1 amide bonds. The number of fused-ring (bicyclic) bond motifs is 1. The number of hydrogen-bond donors (Lipinski definition) is 2. The maximum atomic E-state index is 13.4. The maximum Gasteiger partial charge on any atom is 0.232 e. The number of nitrogens with zero attached hydrogens (tertiary/aromatic N) is 5. The van der Waals surface area contributed by atoms with Gasteiger partial charge in [0.1, 0.15) is 6.33 Å². The number of anilines is 2. The summed E-state index contributed by atoms with van der Waals surface area (Å²) < 4.78 is 3.56. The minimum atomic E-state index is -0.377. The highest BCUT2D eigenvalue weighted by atomic mass is 16.2. The summed E-state index contributed by atoms with van der Waals surface area (Å²) in [5.74, 6) is 0.232.